The van der Waals surface area contributed by atoms with Gasteiger partial charge in [0.2, 0.25) is 0 Å². The molecule has 3 heteroatoms. The van der Waals surface area contributed by atoms with Gasteiger partial charge < -0.3 is 10.2 Å². The molecule has 1 atom stereocenters. The van der Waals surface area contributed by atoms with E-state index in [1.54, 1.807) is 0 Å². The van der Waals surface area contributed by atoms with E-state index in [0.717, 1.165) is 12.2 Å². The topological polar surface area (TPSA) is 57.5 Å². The molecular formula is C7H9O3. The number of carboxylic acid groups (broad SMARTS) is 1. The first kappa shape index (κ1) is 8.91. The Labute approximate surface area is 59.3 Å². The molecule has 1 radical (unpaired) electrons. The fraction of sp³-hybridized carbons (Fsp3) is 0.143. The number of aliphatic hydroxyl groups excluding tert-OH is 1. The molecule has 55 valence electrons. The minimum absolute atomic E-state index is 0.157. The molecule has 0 heterocycles. The summed E-state index contributed by atoms with van der Waals surface area (Å²) in [4.78, 5) is 10.2. The lowest BCUT2D eigenvalue weighted by atomic mass is 10.0. The number of aliphatic hydroxyl groups is 1. The van der Waals surface area contributed by atoms with Gasteiger partial charge in [0.25, 0.3) is 0 Å². The highest BCUT2D eigenvalue weighted by atomic mass is 16.4. The molecule has 0 aliphatic heterocycles. The Morgan fingerprint density at radius 1 is 1.50 bits per heavy atom. The lowest BCUT2D eigenvalue weighted by molar-refractivity contribution is -0.135. The lowest BCUT2D eigenvalue weighted by Crippen LogP contribution is -2.21. The third-order valence-electron chi connectivity index (χ3n) is 1.01. The summed E-state index contributed by atoms with van der Waals surface area (Å²) in [6.45, 7) is 6.46. The first-order valence-electron chi connectivity index (χ1n) is 2.66. The third-order valence-corrected chi connectivity index (χ3v) is 1.01. The quantitative estimate of drug-likeness (QED) is 0.556. The maximum Gasteiger partial charge on any atom is 0.318 e. The first-order chi connectivity index (χ1) is 4.63. The van der Waals surface area contributed by atoms with Gasteiger partial charge in [0.05, 0.1) is 6.10 Å². The van der Waals surface area contributed by atoms with E-state index in [0.29, 0.717) is 0 Å². The second-order valence-electron chi connectivity index (χ2n) is 1.65. The van der Waals surface area contributed by atoms with Crippen LogP contribution in [0.2, 0.25) is 0 Å². The zero-order chi connectivity index (χ0) is 8.15. The summed E-state index contributed by atoms with van der Waals surface area (Å²) >= 11 is 0. The van der Waals surface area contributed by atoms with E-state index < -0.39 is 12.1 Å². The van der Waals surface area contributed by atoms with Crippen LogP contribution in [0.1, 0.15) is 0 Å². The van der Waals surface area contributed by atoms with Gasteiger partial charge in [-0.1, -0.05) is 12.2 Å². The van der Waals surface area contributed by atoms with E-state index in [1.165, 1.54) is 0 Å². The molecule has 2 N–H and O–H groups in total. The van der Waals surface area contributed by atoms with Gasteiger partial charge in [-0.2, -0.15) is 0 Å². The minimum Gasteiger partial charge on any atom is -0.480 e. The van der Waals surface area contributed by atoms with Gasteiger partial charge in [-0.05, 0) is 0 Å². The molecule has 0 aromatic carbocycles. The van der Waals surface area contributed by atoms with Gasteiger partial charge in [-0.3, -0.25) is 4.79 Å². The van der Waals surface area contributed by atoms with Crippen molar-refractivity contribution in [2.24, 2.45) is 0 Å². The first-order valence-corrected chi connectivity index (χ1v) is 2.66. The molecule has 0 aromatic rings. The molecule has 0 saturated heterocycles. The molecule has 0 spiro atoms. The van der Waals surface area contributed by atoms with Crippen LogP contribution < -0.4 is 0 Å². The average molecular weight is 141 g/mol. The number of hydrogen-bond acceptors (Lipinski definition) is 2. The van der Waals surface area contributed by atoms with Crippen LogP contribution in [-0.2, 0) is 4.79 Å². The zero-order valence-corrected chi connectivity index (χ0v) is 5.45. The fourth-order valence-electron chi connectivity index (χ4n) is 0.462. The summed E-state index contributed by atoms with van der Waals surface area (Å²) < 4.78 is 0. The lowest BCUT2D eigenvalue weighted by Gasteiger charge is -2.08. The molecule has 0 aliphatic carbocycles. The summed E-state index contributed by atoms with van der Waals surface area (Å²) in [7, 11) is 0. The van der Waals surface area contributed by atoms with Crippen molar-refractivity contribution in [3.8, 4) is 0 Å². The van der Waals surface area contributed by atoms with Crippen LogP contribution in [0.3, 0.4) is 0 Å². The van der Waals surface area contributed by atoms with Crippen molar-refractivity contribution < 1.29 is 15.0 Å². The third kappa shape index (κ3) is 2.03. The highest BCUT2D eigenvalue weighted by Gasteiger charge is 2.20. The Balaban J connectivity index is 4.19. The molecule has 0 aromatic heterocycles. The van der Waals surface area contributed by atoms with Crippen molar-refractivity contribution in [2.75, 3.05) is 0 Å². The molecule has 3 nitrogen and oxygen atoms in total. The Bertz CT molecular complexity index is 151. The number of carboxylic acids is 1. The Kier molecular flexibility index (Phi) is 3.43. The van der Waals surface area contributed by atoms with Crippen molar-refractivity contribution in [1.29, 1.82) is 0 Å². The predicted molar refractivity (Wildman–Crippen MR) is 37.3 cm³/mol. The van der Waals surface area contributed by atoms with Crippen LogP contribution >= 0.6 is 0 Å². The maximum atomic E-state index is 10.2. The molecule has 0 bridgehead atoms. The average Bonchev–Trinajstić information content (AvgIpc) is 1.88. The minimum atomic E-state index is -1.18. The second kappa shape index (κ2) is 3.85. The highest BCUT2D eigenvalue weighted by molar-refractivity contribution is 5.87. The van der Waals surface area contributed by atoms with E-state index in [4.69, 9.17) is 10.2 Å². The zero-order valence-electron chi connectivity index (χ0n) is 5.45. The van der Waals surface area contributed by atoms with Gasteiger partial charge >= 0.3 is 5.97 Å². The second-order valence-corrected chi connectivity index (χ2v) is 1.65. The summed E-state index contributed by atoms with van der Waals surface area (Å²) in [5.74, 6) is -1.34. The van der Waals surface area contributed by atoms with E-state index >= 15 is 0 Å². The van der Waals surface area contributed by atoms with Crippen LogP contribution in [0.4, 0.5) is 0 Å². The van der Waals surface area contributed by atoms with Crippen LogP contribution in [0.15, 0.2) is 25.3 Å². The molecular weight excluding hydrogens is 132 g/mol. The van der Waals surface area contributed by atoms with Crippen molar-refractivity contribution in [2.45, 2.75) is 6.10 Å². The van der Waals surface area contributed by atoms with Crippen LogP contribution in [-0.4, -0.2) is 22.3 Å². The summed E-state index contributed by atoms with van der Waals surface area (Å²) in [6.07, 6.45) is 1.09. The molecule has 0 fully saturated rings. The van der Waals surface area contributed by atoms with Gasteiger partial charge in [0.15, 0.2) is 0 Å². The maximum absolute atomic E-state index is 10.2. The van der Waals surface area contributed by atoms with Gasteiger partial charge in [-0.15, -0.1) is 13.2 Å². The molecule has 0 amide bonds. The smallest absolute Gasteiger partial charge is 0.318 e. The number of aliphatic carboxylic acids is 1. The van der Waals surface area contributed by atoms with Gasteiger partial charge in [-0.25, -0.2) is 0 Å². The Morgan fingerprint density at radius 2 is 2.00 bits per heavy atom. The standard InChI is InChI=1S/C7H9O3/c1-3-5(7(9)10)6(8)4-2/h3-4,6,8H,1-2H2,(H,9,10). The van der Waals surface area contributed by atoms with E-state index in [2.05, 4.69) is 13.2 Å². The van der Waals surface area contributed by atoms with Crippen LogP contribution in [0.25, 0.3) is 0 Å². The number of rotatable bonds is 4. The van der Waals surface area contributed by atoms with Gasteiger partial charge in [0.1, 0.15) is 5.92 Å². The fourth-order valence-corrected chi connectivity index (χ4v) is 0.462. The van der Waals surface area contributed by atoms with Crippen LogP contribution in [0, 0.1) is 5.92 Å². The Morgan fingerprint density at radius 3 is 2.10 bits per heavy atom. The van der Waals surface area contributed by atoms with Crippen molar-refractivity contribution in [3.63, 3.8) is 0 Å². The molecule has 10 heavy (non-hydrogen) atoms. The van der Waals surface area contributed by atoms with E-state index in [1.807, 2.05) is 0 Å². The SMILES string of the molecule is C=C[C](C(=O)O)C(O)C=C. The largest absolute Gasteiger partial charge is 0.480 e. The van der Waals surface area contributed by atoms with E-state index in [-0.39, 0.29) is 5.92 Å². The molecule has 1 unspecified atom stereocenters. The predicted octanol–water partition coefficient (Wildman–Crippen LogP) is 0.378. The van der Waals surface area contributed by atoms with Gasteiger partial charge in [0, 0.05) is 0 Å². The summed E-state index contributed by atoms with van der Waals surface area (Å²) in [6, 6.07) is 0. The highest BCUT2D eigenvalue weighted by Crippen LogP contribution is 2.08. The number of carbonyl (C=O) groups is 1. The monoisotopic (exact) mass is 141 g/mol. The normalized spacial score (nSPS) is 12.6. The summed E-state index contributed by atoms with van der Waals surface area (Å²) in [5, 5.41) is 17.2. The Hall–Kier alpha value is -1.09. The molecule has 0 aliphatic rings. The van der Waals surface area contributed by atoms with Crippen molar-refractivity contribution in [1.82, 2.24) is 0 Å². The van der Waals surface area contributed by atoms with E-state index in [9.17, 15) is 4.79 Å². The van der Waals surface area contributed by atoms with Crippen LogP contribution in [0.5, 0.6) is 0 Å². The van der Waals surface area contributed by atoms with Crippen molar-refractivity contribution in [3.05, 3.63) is 31.2 Å². The van der Waals surface area contributed by atoms with Crippen molar-refractivity contribution >= 4 is 5.97 Å². The molecule has 0 rings (SSSR count). The molecule has 0 saturated carbocycles. The number of hydrogen-bond donors (Lipinski definition) is 2. The summed E-state index contributed by atoms with van der Waals surface area (Å²) in [5.41, 5.74) is 0.